The third-order valence-corrected chi connectivity index (χ3v) is 3.16. The van der Waals surface area contributed by atoms with Gasteiger partial charge < -0.3 is 9.84 Å². The van der Waals surface area contributed by atoms with Crippen LogP contribution in [0.2, 0.25) is 0 Å². The Kier molecular flexibility index (Phi) is 6.16. The molecule has 0 spiro atoms. The van der Waals surface area contributed by atoms with E-state index in [9.17, 15) is 5.11 Å². The highest BCUT2D eigenvalue weighted by Crippen LogP contribution is 2.23. The van der Waals surface area contributed by atoms with Gasteiger partial charge >= 0.3 is 0 Å². The van der Waals surface area contributed by atoms with Crippen LogP contribution in [0.4, 0.5) is 0 Å². The normalized spacial score (nSPS) is 11.2. The van der Waals surface area contributed by atoms with E-state index in [1.54, 1.807) is 0 Å². The van der Waals surface area contributed by atoms with Crippen LogP contribution >= 0.6 is 0 Å². The fraction of sp³-hybridized carbons (Fsp3) is 0.600. The molecule has 0 saturated carbocycles. The van der Waals surface area contributed by atoms with Crippen molar-refractivity contribution in [1.82, 2.24) is 4.90 Å². The zero-order valence-electron chi connectivity index (χ0n) is 12.0. The number of nitrogens with zero attached hydrogens (tertiary/aromatic N) is 1. The van der Waals surface area contributed by atoms with Gasteiger partial charge in [-0.25, -0.2) is 0 Å². The number of hydrogen-bond acceptors (Lipinski definition) is 3. The van der Waals surface area contributed by atoms with Gasteiger partial charge in [-0.05, 0) is 44.0 Å². The minimum Gasteiger partial charge on any atom is -0.507 e. The molecule has 0 aromatic heterocycles. The van der Waals surface area contributed by atoms with Crippen molar-refractivity contribution in [2.24, 2.45) is 0 Å². The van der Waals surface area contributed by atoms with E-state index in [1.807, 2.05) is 20.8 Å². The first-order valence-corrected chi connectivity index (χ1v) is 6.67. The van der Waals surface area contributed by atoms with Gasteiger partial charge in [0.05, 0.1) is 6.61 Å². The average molecular weight is 251 g/mol. The summed E-state index contributed by atoms with van der Waals surface area (Å²) in [4.78, 5) is 2.35. The van der Waals surface area contributed by atoms with Gasteiger partial charge in [-0.3, -0.25) is 4.90 Å². The lowest BCUT2D eigenvalue weighted by Gasteiger charge is -2.21. The second-order valence-corrected chi connectivity index (χ2v) is 4.64. The Balaban J connectivity index is 2.64. The van der Waals surface area contributed by atoms with E-state index >= 15 is 0 Å². The largest absolute Gasteiger partial charge is 0.507 e. The number of aryl methyl sites for hydroxylation is 2. The molecule has 0 amide bonds. The highest BCUT2D eigenvalue weighted by Gasteiger charge is 2.07. The smallest absolute Gasteiger partial charge is 0.121 e. The van der Waals surface area contributed by atoms with Crippen molar-refractivity contribution in [3.63, 3.8) is 0 Å². The number of phenolic OH excluding ortho intramolecular Hbond substituents is 1. The number of benzene rings is 1. The molecule has 0 radical (unpaired) electrons. The van der Waals surface area contributed by atoms with Crippen LogP contribution in [0.1, 0.15) is 30.5 Å². The number of phenols is 1. The van der Waals surface area contributed by atoms with E-state index in [1.165, 1.54) is 5.56 Å². The van der Waals surface area contributed by atoms with E-state index in [0.717, 1.165) is 44.0 Å². The Morgan fingerprint density at radius 2 is 1.78 bits per heavy atom. The molecule has 1 aromatic rings. The second kappa shape index (κ2) is 7.39. The zero-order valence-corrected chi connectivity index (χ0v) is 12.0. The number of likely N-dealkylation sites (N-methyl/N-ethyl adjacent to an activating group) is 1. The Morgan fingerprint density at radius 3 is 2.28 bits per heavy atom. The molecule has 1 aromatic carbocycles. The van der Waals surface area contributed by atoms with Gasteiger partial charge in [0.1, 0.15) is 5.75 Å². The maximum absolute atomic E-state index is 9.76. The first-order valence-electron chi connectivity index (χ1n) is 6.67. The summed E-state index contributed by atoms with van der Waals surface area (Å²) in [6.45, 7) is 12.5. The van der Waals surface area contributed by atoms with Crippen LogP contribution in [0.15, 0.2) is 12.1 Å². The van der Waals surface area contributed by atoms with Crippen molar-refractivity contribution in [3.8, 4) is 5.75 Å². The molecular weight excluding hydrogens is 226 g/mol. The van der Waals surface area contributed by atoms with E-state index in [0.29, 0.717) is 5.75 Å². The van der Waals surface area contributed by atoms with Crippen molar-refractivity contribution in [3.05, 3.63) is 28.8 Å². The van der Waals surface area contributed by atoms with Crippen LogP contribution in [0.5, 0.6) is 5.75 Å². The molecule has 0 unspecified atom stereocenters. The molecule has 0 aliphatic heterocycles. The molecule has 0 saturated heterocycles. The number of rotatable bonds is 7. The van der Waals surface area contributed by atoms with E-state index < -0.39 is 0 Å². The summed E-state index contributed by atoms with van der Waals surface area (Å²) in [5, 5.41) is 9.76. The molecule has 0 aliphatic rings. The number of ether oxygens (including phenoxy) is 1. The van der Waals surface area contributed by atoms with Crippen molar-refractivity contribution in [2.45, 2.75) is 34.2 Å². The SMILES string of the molecule is CCOCCN(CC)Cc1cc(C)c(O)c(C)c1. The van der Waals surface area contributed by atoms with Gasteiger partial charge in [-0.2, -0.15) is 0 Å². The summed E-state index contributed by atoms with van der Waals surface area (Å²) in [5.74, 6) is 0.413. The van der Waals surface area contributed by atoms with E-state index in [4.69, 9.17) is 4.74 Å². The van der Waals surface area contributed by atoms with E-state index in [-0.39, 0.29) is 0 Å². The van der Waals surface area contributed by atoms with Gasteiger partial charge in [0.2, 0.25) is 0 Å². The molecule has 3 heteroatoms. The molecule has 0 aliphatic carbocycles. The maximum Gasteiger partial charge on any atom is 0.121 e. The van der Waals surface area contributed by atoms with Crippen LogP contribution in [0.3, 0.4) is 0 Å². The van der Waals surface area contributed by atoms with Crippen LogP contribution in [0.25, 0.3) is 0 Å². The van der Waals surface area contributed by atoms with Gasteiger partial charge in [-0.1, -0.05) is 19.1 Å². The summed E-state index contributed by atoms with van der Waals surface area (Å²) < 4.78 is 5.39. The first-order chi connectivity index (χ1) is 8.58. The average Bonchev–Trinajstić information content (AvgIpc) is 2.34. The predicted molar refractivity (Wildman–Crippen MR) is 75.0 cm³/mol. The number of hydrogen-bond donors (Lipinski definition) is 1. The van der Waals surface area contributed by atoms with Crippen LogP contribution < -0.4 is 0 Å². The summed E-state index contributed by atoms with van der Waals surface area (Å²) in [6.07, 6.45) is 0. The Morgan fingerprint density at radius 1 is 1.17 bits per heavy atom. The lowest BCUT2D eigenvalue weighted by atomic mass is 10.1. The molecule has 18 heavy (non-hydrogen) atoms. The molecule has 102 valence electrons. The first kappa shape index (κ1) is 15.0. The maximum atomic E-state index is 9.76. The summed E-state index contributed by atoms with van der Waals surface area (Å²) in [5.41, 5.74) is 3.15. The number of aromatic hydroxyl groups is 1. The molecule has 0 fully saturated rings. The van der Waals surface area contributed by atoms with Crippen molar-refractivity contribution >= 4 is 0 Å². The Labute approximate surface area is 110 Å². The summed E-state index contributed by atoms with van der Waals surface area (Å²) >= 11 is 0. The third-order valence-electron chi connectivity index (χ3n) is 3.16. The van der Waals surface area contributed by atoms with Gasteiger partial charge in [0.15, 0.2) is 0 Å². The lowest BCUT2D eigenvalue weighted by molar-refractivity contribution is 0.113. The van der Waals surface area contributed by atoms with Crippen molar-refractivity contribution in [1.29, 1.82) is 0 Å². The quantitative estimate of drug-likeness (QED) is 0.756. The van der Waals surface area contributed by atoms with Gasteiger partial charge in [0, 0.05) is 19.7 Å². The monoisotopic (exact) mass is 251 g/mol. The minimum absolute atomic E-state index is 0.413. The van der Waals surface area contributed by atoms with Crippen LogP contribution in [0, 0.1) is 13.8 Å². The minimum atomic E-state index is 0.413. The topological polar surface area (TPSA) is 32.7 Å². The highest BCUT2D eigenvalue weighted by molar-refractivity contribution is 5.42. The van der Waals surface area contributed by atoms with Crippen LogP contribution in [-0.4, -0.2) is 36.3 Å². The lowest BCUT2D eigenvalue weighted by Crippen LogP contribution is -2.27. The predicted octanol–water partition coefficient (Wildman–Crippen LogP) is 2.87. The molecule has 0 bridgehead atoms. The fourth-order valence-corrected chi connectivity index (χ4v) is 2.08. The van der Waals surface area contributed by atoms with Crippen LogP contribution in [-0.2, 0) is 11.3 Å². The molecule has 1 N–H and O–H groups in total. The third kappa shape index (κ3) is 4.31. The second-order valence-electron chi connectivity index (χ2n) is 4.64. The summed E-state index contributed by atoms with van der Waals surface area (Å²) in [7, 11) is 0. The Bertz CT molecular complexity index is 354. The fourth-order valence-electron chi connectivity index (χ4n) is 2.08. The summed E-state index contributed by atoms with van der Waals surface area (Å²) in [6, 6.07) is 4.12. The molecule has 0 atom stereocenters. The molecular formula is C15H25NO2. The molecule has 0 heterocycles. The van der Waals surface area contributed by atoms with Crippen molar-refractivity contribution < 1.29 is 9.84 Å². The Hall–Kier alpha value is -1.06. The van der Waals surface area contributed by atoms with E-state index in [2.05, 4.69) is 24.0 Å². The molecule has 1 rings (SSSR count). The highest BCUT2D eigenvalue weighted by atomic mass is 16.5. The van der Waals surface area contributed by atoms with Gasteiger partial charge in [0.25, 0.3) is 0 Å². The molecule has 3 nitrogen and oxygen atoms in total. The standard InChI is InChI=1S/C15H25NO2/c1-5-16(7-8-18-6-2)11-14-9-12(3)15(17)13(4)10-14/h9-10,17H,5-8,11H2,1-4H3. The van der Waals surface area contributed by atoms with Gasteiger partial charge in [-0.15, -0.1) is 0 Å². The zero-order chi connectivity index (χ0) is 13.5. The van der Waals surface area contributed by atoms with Crippen molar-refractivity contribution in [2.75, 3.05) is 26.3 Å².